The summed E-state index contributed by atoms with van der Waals surface area (Å²) in [5.74, 6) is 2.44. The fourth-order valence-corrected chi connectivity index (χ4v) is 1.97. The lowest BCUT2D eigenvalue weighted by atomic mass is 10.2. The molecule has 1 aliphatic rings. The van der Waals surface area contributed by atoms with Gasteiger partial charge in [0.2, 0.25) is 0 Å². The molecule has 0 saturated carbocycles. The van der Waals surface area contributed by atoms with Crippen LogP contribution in [0.3, 0.4) is 0 Å². The fourth-order valence-electron chi connectivity index (χ4n) is 1.97. The maximum absolute atomic E-state index is 5.83. The predicted octanol–water partition coefficient (Wildman–Crippen LogP) is 3.21. The minimum Gasteiger partial charge on any atom is -0.490 e. The summed E-state index contributed by atoms with van der Waals surface area (Å²) in [4.78, 5) is 0. The summed E-state index contributed by atoms with van der Waals surface area (Å²) in [5.41, 5.74) is 1.22. The topological polar surface area (TPSA) is 27.7 Å². The summed E-state index contributed by atoms with van der Waals surface area (Å²) < 4.78 is 17.2. The van der Waals surface area contributed by atoms with Gasteiger partial charge in [0.05, 0.1) is 0 Å². The van der Waals surface area contributed by atoms with Crippen LogP contribution in [-0.2, 0) is 0 Å². The Morgan fingerprint density at radius 1 is 1.05 bits per heavy atom. The molecule has 0 spiro atoms. The van der Waals surface area contributed by atoms with E-state index in [1.807, 2.05) is 48.5 Å². The van der Waals surface area contributed by atoms with Gasteiger partial charge >= 0.3 is 0 Å². The van der Waals surface area contributed by atoms with Gasteiger partial charge in [-0.05, 0) is 31.2 Å². The van der Waals surface area contributed by atoms with E-state index in [-0.39, 0.29) is 6.10 Å². The molecule has 98 valence electrons. The minimum atomic E-state index is -0.0730. The Bertz CT molecular complexity index is 548. The second-order valence-electron chi connectivity index (χ2n) is 4.62. The van der Waals surface area contributed by atoms with Crippen molar-refractivity contribution >= 4 is 0 Å². The van der Waals surface area contributed by atoms with Crippen LogP contribution < -0.4 is 14.2 Å². The lowest BCUT2D eigenvalue weighted by molar-refractivity contribution is 0.0535. The Labute approximate surface area is 112 Å². The standard InChI is InChI=1S/C16H16O3/c1-12-6-8-13(9-7-12)17-10-14-11-18-15-4-2-3-5-16(15)19-14/h2-9,14H,10-11H2,1H3. The molecule has 0 fully saturated rings. The van der Waals surface area contributed by atoms with E-state index in [0.717, 1.165) is 17.2 Å². The molecule has 0 N–H and O–H groups in total. The molecule has 3 rings (SSSR count). The summed E-state index contributed by atoms with van der Waals surface area (Å²) >= 11 is 0. The third-order valence-electron chi connectivity index (χ3n) is 3.02. The van der Waals surface area contributed by atoms with Gasteiger partial charge in [-0.3, -0.25) is 0 Å². The molecule has 1 heterocycles. The number of fused-ring (bicyclic) bond motifs is 1. The van der Waals surface area contributed by atoms with Crippen molar-refractivity contribution in [3.05, 3.63) is 54.1 Å². The van der Waals surface area contributed by atoms with E-state index in [0.29, 0.717) is 13.2 Å². The summed E-state index contributed by atoms with van der Waals surface area (Å²) in [6, 6.07) is 15.7. The van der Waals surface area contributed by atoms with Gasteiger partial charge in [-0.25, -0.2) is 0 Å². The van der Waals surface area contributed by atoms with E-state index in [1.165, 1.54) is 5.56 Å². The second kappa shape index (κ2) is 5.22. The number of ether oxygens (including phenoxy) is 3. The zero-order valence-corrected chi connectivity index (χ0v) is 10.8. The minimum absolute atomic E-state index is 0.0730. The molecule has 1 unspecified atom stereocenters. The largest absolute Gasteiger partial charge is 0.490 e. The molecule has 0 bridgehead atoms. The van der Waals surface area contributed by atoms with Crippen LogP contribution in [0.2, 0.25) is 0 Å². The second-order valence-corrected chi connectivity index (χ2v) is 4.62. The van der Waals surface area contributed by atoms with Crippen molar-refractivity contribution in [1.82, 2.24) is 0 Å². The molecular weight excluding hydrogens is 240 g/mol. The van der Waals surface area contributed by atoms with Crippen molar-refractivity contribution in [3.63, 3.8) is 0 Å². The first-order chi connectivity index (χ1) is 9.31. The molecule has 3 nitrogen and oxygen atoms in total. The Hall–Kier alpha value is -2.16. The molecule has 1 atom stereocenters. The number of rotatable bonds is 3. The highest BCUT2D eigenvalue weighted by atomic mass is 16.6. The number of hydrogen-bond acceptors (Lipinski definition) is 3. The van der Waals surface area contributed by atoms with Crippen LogP contribution in [0.25, 0.3) is 0 Å². The van der Waals surface area contributed by atoms with Gasteiger partial charge in [0, 0.05) is 0 Å². The van der Waals surface area contributed by atoms with E-state index in [2.05, 4.69) is 6.92 Å². The van der Waals surface area contributed by atoms with E-state index in [1.54, 1.807) is 0 Å². The molecule has 19 heavy (non-hydrogen) atoms. The van der Waals surface area contributed by atoms with Crippen LogP contribution in [0.1, 0.15) is 5.56 Å². The highest BCUT2D eigenvalue weighted by Gasteiger charge is 2.20. The first kappa shape index (κ1) is 11.9. The highest BCUT2D eigenvalue weighted by molar-refractivity contribution is 5.40. The molecule has 0 saturated heterocycles. The first-order valence-electron chi connectivity index (χ1n) is 6.39. The SMILES string of the molecule is Cc1ccc(OCC2COc3ccccc3O2)cc1. The van der Waals surface area contributed by atoms with Gasteiger partial charge in [-0.15, -0.1) is 0 Å². The van der Waals surface area contributed by atoms with Gasteiger partial charge in [-0.1, -0.05) is 29.8 Å². The first-order valence-corrected chi connectivity index (χ1v) is 6.39. The predicted molar refractivity (Wildman–Crippen MR) is 73.0 cm³/mol. The summed E-state index contributed by atoms with van der Waals surface area (Å²) in [6.07, 6.45) is -0.0730. The molecule has 0 radical (unpaired) electrons. The Kier molecular flexibility index (Phi) is 3.27. The van der Waals surface area contributed by atoms with Gasteiger partial charge < -0.3 is 14.2 Å². The van der Waals surface area contributed by atoms with Crippen LogP contribution in [0, 0.1) is 6.92 Å². The monoisotopic (exact) mass is 256 g/mol. The van der Waals surface area contributed by atoms with E-state index >= 15 is 0 Å². The molecule has 1 aliphatic heterocycles. The maximum atomic E-state index is 5.83. The number of hydrogen-bond donors (Lipinski definition) is 0. The number of benzene rings is 2. The van der Waals surface area contributed by atoms with Crippen LogP contribution >= 0.6 is 0 Å². The zero-order chi connectivity index (χ0) is 13.1. The fraction of sp³-hybridized carbons (Fsp3) is 0.250. The van der Waals surface area contributed by atoms with Gasteiger partial charge in [0.1, 0.15) is 19.0 Å². The van der Waals surface area contributed by atoms with Crippen molar-refractivity contribution < 1.29 is 14.2 Å². The van der Waals surface area contributed by atoms with Crippen molar-refractivity contribution in [3.8, 4) is 17.2 Å². The lowest BCUT2D eigenvalue weighted by Gasteiger charge is -2.26. The van der Waals surface area contributed by atoms with E-state index < -0.39 is 0 Å². The van der Waals surface area contributed by atoms with Crippen LogP contribution in [0.15, 0.2) is 48.5 Å². The third-order valence-corrected chi connectivity index (χ3v) is 3.02. The van der Waals surface area contributed by atoms with Crippen molar-refractivity contribution in [1.29, 1.82) is 0 Å². The maximum Gasteiger partial charge on any atom is 0.166 e. The van der Waals surface area contributed by atoms with E-state index in [4.69, 9.17) is 14.2 Å². The van der Waals surface area contributed by atoms with Gasteiger partial charge in [0.25, 0.3) is 0 Å². The summed E-state index contributed by atoms with van der Waals surface area (Å²) in [7, 11) is 0. The van der Waals surface area contributed by atoms with Gasteiger partial charge in [-0.2, -0.15) is 0 Å². The third kappa shape index (κ3) is 2.81. The average molecular weight is 256 g/mol. The van der Waals surface area contributed by atoms with Crippen molar-refractivity contribution in [2.24, 2.45) is 0 Å². The Morgan fingerprint density at radius 3 is 2.58 bits per heavy atom. The van der Waals surface area contributed by atoms with Crippen LogP contribution in [-0.4, -0.2) is 19.3 Å². The van der Waals surface area contributed by atoms with Crippen LogP contribution in [0.5, 0.6) is 17.2 Å². The Balaban J connectivity index is 1.59. The lowest BCUT2D eigenvalue weighted by Crippen LogP contribution is -2.34. The molecule has 0 aromatic heterocycles. The van der Waals surface area contributed by atoms with Crippen molar-refractivity contribution in [2.75, 3.05) is 13.2 Å². The smallest absolute Gasteiger partial charge is 0.166 e. The number of para-hydroxylation sites is 2. The average Bonchev–Trinajstić information content (AvgIpc) is 2.46. The quantitative estimate of drug-likeness (QED) is 0.844. The molecule has 2 aromatic carbocycles. The molecule has 0 amide bonds. The summed E-state index contributed by atoms with van der Waals surface area (Å²) in [6.45, 7) is 3.05. The Morgan fingerprint density at radius 2 is 1.79 bits per heavy atom. The van der Waals surface area contributed by atoms with Crippen LogP contribution in [0.4, 0.5) is 0 Å². The molecular formula is C16H16O3. The zero-order valence-electron chi connectivity index (χ0n) is 10.8. The van der Waals surface area contributed by atoms with Gasteiger partial charge in [0.15, 0.2) is 17.6 Å². The summed E-state index contributed by atoms with van der Waals surface area (Å²) in [5, 5.41) is 0. The molecule has 3 heteroatoms. The normalized spacial score (nSPS) is 17.0. The highest BCUT2D eigenvalue weighted by Crippen LogP contribution is 2.30. The number of aryl methyl sites for hydroxylation is 1. The molecule has 0 aliphatic carbocycles. The van der Waals surface area contributed by atoms with Crippen molar-refractivity contribution in [2.45, 2.75) is 13.0 Å². The van der Waals surface area contributed by atoms with E-state index in [9.17, 15) is 0 Å². The molecule has 2 aromatic rings.